The molecule has 7 heteroatoms. The van der Waals surface area contributed by atoms with Crippen molar-refractivity contribution in [3.8, 4) is 6.07 Å². The van der Waals surface area contributed by atoms with Crippen molar-refractivity contribution in [1.29, 1.82) is 5.26 Å². The van der Waals surface area contributed by atoms with Gasteiger partial charge in [0.1, 0.15) is 6.04 Å². The Bertz CT molecular complexity index is 807. The molecule has 3 amide bonds. The minimum Gasteiger partial charge on any atom is -0.341 e. The summed E-state index contributed by atoms with van der Waals surface area (Å²) in [5.41, 5.74) is 1.11. The number of hydrogen-bond acceptors (Lipinski definition) is 4. The summed E-state index contributed by atoms with van der Waals surface area (Å²) in [6.07, 6.45) is 4.45. The molecule has 1 aromatic rings. The van der Waals surface area contributed by atoms with Gasteiger partial charge in [0, 0.05) is 32.2 Å². The van der Waals surface area contributed by atoms with Crippen LogP contribution in [0.25, 0.3) is 0 Å². The fraction of sp³-hybridized carbons (Fsp3) is 0.609. The number of urea groups is 1. The highest BCUT2D eigenvalue weighted by Gasteiger charge is 2.50. The van der Waals surface area contributed by atoms with Gasteiger partial charge in [-0.2, -0.15) is 5.26 Å². The Kier molecular flexibility index (Phi) is 5.96. The number of rotatable bonds is 5. The smallest absolute Gasteiger partial charge is 0.317 e. The fourth-order valence-corrected chi connectivity index (χ4v) is 5.71. The molecule has 3 aliphatic rings. The fourth-order valence-electron chi connectivity index (χ4n) is 5.71. The molecule has 3 fully saturated rings. The maximum absolute atomic E-state index is 12.8. The van der Waals surface area contributed by atoms with Gasteiger partial charge in [-0.05, 0) is 49.5 Å². The van der Waals surface area contributed by atoms with Crippen LogP contribution < -0.4 is 10.6 Å². The zero-order chi connectivity index (χ0) is 21.1. The summed E-state index contributed by atoms with van der Waals surface area (Å²) in [7, 11) is 1.68. The Labute approximate surface area is 178 Å². The lowest BCUT2D eigenvalue weighted by molar-refractivity contribution is -0.130. The molecule has 7 nitrogen and oxygen atoms in total. The van der Waals surface area contributed by atoms with Crippen LogP contribution in [0.3, 0.4) is 0 Å². The van der Waals surface area contributed by atoms with E-state index in [4.69, 9.17) is 0 Å². The van der Waals surface area contributed by atoms with Gasteiger partial charge < -0.3 is 20.4 Å². The molecule has 4 atom stereocenters. The van der Waals surface area contributed by atoms with Gasteiger partial charge in [-0.3, -0.25) is 4.79 Å². The summed E-state index contributed by atoms with van der Waals surface area (Å²) in [5, 5.41) is 15.7. The van der Waals surface area contributed by atoms with Crippen LogP contribution in [-0.4, -0.2) is 66.5 Å². The molecule has 160 valence electrons. The average molecular weight is 410 g/mol. The maximum Gasteiger partial charge on any atom is 0.317 e. The summed E-state index contributed by atoms with van der Waals surface area (Å²) < 4.78 is 0. The summed E-state index contributed by atoms with van der Waals surface area (Å²) in [4.78, 5) is 28.5. The molecule has 2 aliphatic heterocycles. The Hall–Kier alpha value is -2.59. The molecule has 2 N–H and O–H groups in total. The number of benzene rings is 1. The van der Waals surface area contributed by atoms with Gasteiger partial charge in [-0.1, -0.05) is 30.3 Å². The quantitative estimate of drug-likeness (QED) is 0.776. The number of nitrogens with one attached hydrogen (secondary N) is 2. The highest BCUT2D eigenvalue weighted by Crippen LogP contribution is 2.45. The lowest BCUT2D eigenvalue weighted by Gasteiger charge is -2.34. The van der Waals surface area contributed by atoms with Gasteiger partial charge in [0.05, 0.1) is 12.6 Å². The monoisotopic (exact) mass is 409 g/mol. The van der Waals surface area contributed by atoms with Crippen molar-refractivity contribution in [3.63, 3.8) is 0 Å². The van der Waals surface area contributed by atoms with Gasteiger partial charge in [0.15, 0.2) is 0 Å². The number of nitrogens with zero attached hydrogens (tertiary/aromatic N) is 3. The molecule has 0 radical (unpaired) electrons. The number of carbonyl (C=O) groups is 2. The van der Waals surface area contributed by atoms with E-state index in [1.54, 1.807) is 11.9 Å². The van der Waals surface area contributed by atoms with E-state index in [1.165, 1.54) is 5.56 Å². The Morgan fingerprint density at radius 1 is 1.20 bits per heavy atom. The van der Waals surface area contributed by atoms with Gasteiger partial charge >= 0.3 is 6.03 Å². The van der Waals surface area contributed by atoms with Crippen LogP contribution in [0.2, 0.25) is 0 Å². The minimum atomic E-state index is -0.284. The molecule has 2 heterocycles. The second-order valence-electron chi connectivity index (χ2n) is 9.06. The Morgan fingerprint density at radius 2 is 1.90 bits per heavy atom. The highest BCUT2D eigenvalue weighted by atomic mass is 16.2. The molecular weight excluding hydrogens is 378 g/mol. The maximum atomic E-state index is 12.8. The zero-order valence-electron chi connectivity index (χ0n) is 17.6. The lowest BCUT2D eigenvalue weighted by Crippen LogP contribution is -2.51. The molecule has 0 bridgehead atoms. The largest absolute Gasteiger partial charge is 0.341 e. The average Bonchev–Trinajstić information content (AvgIpc) is 3.46. The van der Waals surface area contributed by atoms with E-state index in [2.05, 4.69) is 41.0 Å². The van der Waals surface area contributed by atoms with E-state index in [1.807, 2.05) is 11.0 Å². The predicted molar refractivity (Wildman–Crippen MR) is 113 cm³/mol. The van der Waals surface area contributed by atoms with Gasteiger partial charge in [-0.15, -0.1) is 0 Å². The molecule has 0 unspecified atom stereocenters. The summed E-state index contributed by atoms with van der Waals surface area (Å²) in [6, 6.07) is 12.4. The van der Waals surface area contributed by atoms with E-state index < -0.39 is 0 Å². The number of fused-ring (bicyclic) bond motifs is 1. The first-order valence-electron chi connectivity index (χ1n) is 11.0. The zero-order valence-corrected chi connectivity index (χ0v) is 17.6. The summed E-state index contributed by atoms with van der Waals surface area (Å²) >= 11 is 0. The third kappa shape index (κ3) is 4.15. The SMILES string of the molecule is CNC(=O)N1C[C@@H]2C[C@](Cc3ccccc3)(NCC(=O)N3CCC[C@H]3C#N)C[C@@H]2C1. The van der Waals surface area contributed by atoms with E-state index in [9.17, 15) is 14.9 Å². The third-order valence-electron chi connectivity index (χ3n) is 7.11. The van der Waals surface area contributed by atoms with Crippen molar-refractivity contribution in [2.75, 3.05) is 33.2 Å². The normalized spacial score (nSPS) is 30.2. The van der Waals surface area contributed by atoms with Crippen LogP contribution in [0.4, 0.5) is 4.79 Å². The lowest BCUT2D eigenvalue weighted by atomic mass is 9.87. The number of likely N-dealkylation sites (tertiary alicyclic amines) is 2. The Morgan fingerprint density at radius 3 is 2.53 bits per heavy atom. The number of amides is 3. The molecule has 0 spiro atoms. The summed E-state index contributed by atoms with van der Waals surface area (Å²) in [5.74, 6) is 0.926. The topological polar surface area (TPSA) is 88.5 Å². The molecule has 1 aromatic carbocycles. The van der Waals surface area contributed by atoms with E-state index in [-0.39, 0.29) is 30.1 Å². The second-order valence-corrected chi connectivity index (χ2v) is 9.06. The van der Waals surface area contributed by atoms with Crippen LogP contribution >= 0.6 is 0 Å². The first kappa shape index (κ1) is 20.7. The number of carbonyl (C=O) groups excluding carboxylic acids is 2. The van der Waals surface area contributed by atoms with E-state index in [0.29, 0.717) is 18.4 Å². The van der Waals surface area contributed by atoms with Gasteiger partial charge in [0.25, 0.3) is 0 Å². The van der Waals surface area contributed by atoms with Crippen molar-refractivity contribution in [2.24, 2.45) is 11.8 Å². The highest BCUT2D eigenvalue weighted by molar-refractivity contribution is 5.79. The second kappa shape index (κ2) is 8.65. The van der Waals surface area contributed by atoms with Crippen LogP contribution in [0.15, 0.2) is 30.3 Å². The van der Waals surface area contributed by atoms with Crippen molar-refractivity contribution in [2.45, 2.75) is 43.7 Å². The summed E-state index contributed by atoms with van der Waals surface area (Å²) in [6.45, 7) is 2.50. The van der Waals surface area contributed by atoms with E-state index in [0.717, 1.165) is 45.2 Å². The third-order valence-corrected chi connectivity index (χ3v) is 7.11. The molecular formula is C23H31N5O2. The van der Waals surface area contributed by atoms with Crippen LogP contribution in [0.1, 0.15) is 31.2 Å². The first-order valence-corrected chi connectivity index (χ1v) is 11.0. The Balaban J connectivity index is 1.45. The molecule has 1 saturated carbocycles. The van der Waals surface area contributed by atoms with Crippen molar-refractivity contribution < 1.29 is 9.59 Å². The van der Waals surface area contributed by atoms with Crippen LogP contribution in [0.5, 0.6) is 0 Å². The van der Waals surface area contributed by atoms with Crippen LogP contribution in [-0.2, 0) is 11.2 Å². The molecule has 0 aromatic heterocycles. The van der Waals surface area contributed by atoms with Crippen molar-refractivity contribution >= 4 is 11.9 Å². The van der Waals surface area contributed by atoms with Gasteiger partial charge in [-0.25, -0.2) is 4.79 Å². The molecule has 2 saturated heterocycles. The van der Waals surface area contributed by atoms with Gasteiger partial charge in [0.2, 0.25) is 5.91 Å². The van der Waals surface area contributed by atoms with Crippen LogP contribution in [0, 0.1) is 23.2 Å². The standard InChI is InChI=1S/C23H31N5O2/c1-25-22(30)27-15-18-11-23(12-19(18)16-27,10-17-6-3-2-4-7-17)26-14-21(29)28-9-5-8-20(28)13-24/h2-4,6-7,18-20,26H,5,8-12,14-16H2,1H3,(H,25,30)/t18-,19+,20-,23-/m0/s1. The predicted octanol–water partition coefficient (Wildman–Crippen LogP) is 1.75. The minimum absolute atomic E-state index is 0.00206. The van der Waals surface area contributed by atoms with Crippen molar-refractivity contribution in [3.05, 3.63) is 35.9 Å². The molecule has 30 heavy (non-hydrogen) atoms. The first-order chi connectivity index (χ1) is 14.5. The molecule has 4 rings (SSSR count). The molecule has 1 aliphatic carbocycles. The number of nitriles is 1. The van der Waals surface area contributed by atoms with Crippen molar-refractivity contribution in [1.82, 2.24) is 20.4 Å². The number of hydrogen-bond donors (Lipinski definition) is 2. The van der Waals surface area contributed by atoms with E-state index >= 15 is 0 Å².